The summed E-state index contributed by atoms with van der Waals surface area (Å²) in [5.41, 5.74) is 1.13. The normalized spacial score (nSPS) is 10.9. The maximum atomic E-state index is 14.1. The lowest BCUT2D eigenvalue weighted by atomic mass is 10.1. The lowest BCUT2D eigenvalue weighted by molar-refractivity contribution is -0.384. The zero-order valence-electron chi connectivity index (χ0n) is 17.9. The third kappa shape index (κ3) is 6.01. The molecule has 2 N–H and O–H groups in total. The van der Waals surface area contributed by atoms with Crippen molar-refractivity contribution >= 4 is 35.0 Å². The Kier molecular flexibility index (Phi) is 7.14. The predicted molar refractivity (Wildman–Crippen MR) is 124 cm³/mol. The quantitative estimate of drug-likeness (QED) is 0.320. The summed E-state index contributed by atoms with van der Waals surface area (Å²) in [5.74, 6) is -2.26. The molecule has 9 heteroatoms. The Morgan fingerprint density at radius 1 is 1.00 bits per heavy atom. The maximum absolute atomic E-state index is 14.1. The molecule has 3 aromatic carbocycles. The summed E-state index contributed by atoms with van der Waals surface area (Å²) in [5, 5.41) is 16.0. The van der Waals surface area contributed by atoms with Crippen molar-refractivity contribution in [1.29, 1.82) is 0 Å². The molecule has 0 saturated heterocycles. The molecule has 0 unspecified atom stereocenters. The molecule has 0 atom stereocenters. The summed E-state index contributed by atoms with van der Waals surface area (Å²) in [7, 11) is 3.77. The first-order valence-electron chi connectivity index (χ1n) is 9.85. The predicted octanol–water partition coefficient (Wildman–Crippen LogP) is 4.21. The Labute approximate surface area is 189 Å². The Balaban J connectivity index is 1.92. The lowest BCUT2D eigenvalue weighted by Crippen LogP contribution is -2.31. The summed E-state index contributed by atoms with van der Waals surface area (Å²) < 4.78 is 14.1. The van der Waals surface area contributed by atoms with Crippen molar-refractivity contribution in [2.45, 2.75) is 0 Å². The smallest absolute Gasteiger partial charge is 0.272 e. The minimum atomic E-state index is -0.807. The first-order chi connectivity index (χ1) is 15.7. The summed E-state index contributed by atoms with van der Waals surface area (Å²) in [6.45, 7) is 0. The molecule has 0 heterocycles. The van der Waals surface area contributed by atoms with Crippen LogP contribution in [0.3, 0.4) is 0 Å². The van der Waals surface area contributed by atoms with Crippen molar-refractivity contribution in [3.63, 3.8) is 0 Å². The van der Waals surface area contributed by atoms with Crippen LogP contribution in [0.1, 0.15) is 15.9 Å². The standard InChI is InChI=1S/C24H21FN4O4/c1-28(2)18-12-10-16(11-13-18)14-22(27-23(30)20-8-3-4-9-21(20)25)24(31)26-17-6-5-7-19(15-17)29(32)33/h3-15H,1-2H3,(H,26,31)(H,27,30). The highest BCUT2D eigenvalue weighted by atomic mass is 19.1. The largest absolute Gasteiger partial charge is 0.378 e. The molecule has 0 saturated carbocycles. The Morgan fingerprint density at radius 2 is 1.70 bits per heavy atom. The molecule has 0 aliphatic carbocycles. The van der Waals surface area contributed by atoms with Crippen molar-refractivity contribution in [3.05, 3.63) is 106 Å². The average Bonchev–Trinajstić information content (AvgIpc) is 2.79. The van der Waals surface area contributed by atoms with E-state index in [1.165, 1.54) is 48.5 Å². The van der Waals surface area contributed by atoms with Crippen LogP contribution in [-0.2, 0) is 4.79 Å². The number of non-ortho nitro benzene ring substituents is 1. The fraction of sp³-hybridized carbons (Fsp3) is 0.0833. The monoisotopic (exact) mass is 448 g/mol. The number of hydrogen-bond donors (Lipinski definition) is 2. The Hall–Kier alpha value is -4.53. The minimum Gasteiger partial charge on any atom is -0.378 e. The van der Waals surface area contributed by atoms with Crippen molar-refractivity contribution in [3.8, 4) is 0 Å². The van der Waals surface area contributed by atoms with Crippen LogP contribution >= 0.6 is 0 Å². The molecule has 8 nitrogen and oxygen atoms in total. The number of hydrogen-bond acceptors (Lipinski definition) is 5. The van der Waals surface area contributed by atoms with Crippen LogP contribution in [0.25, 0.3) is 6.08 Å². The van der Waals surface area contributed by atoms with Crippen LogP contribution in [0.4, 0.5) is 21.5 Å². The number of carbonyl (C=O) groups is 2. The van der Waals surface area contributed by atoms with Gasteiger partial charge in [-0.25, -0.2) is 4.39 Å². The van der Waals surface area contributed by atoms with Gasteiger partial charge in [-0.2, -0.15) is 0 Å². The summed E-state index contributed by atoms with van der Waals surface area (Å²) in [6.07, 6.45) is 1.44. The van der Waals surface area contributed by atoms with Crippen LogP contribution in [0.5, 0.6) is 0 Å². The number of nitro benzene ring substituents is 1. The van der Waals surface area contributed by atoms with E-state index in [9.17, 15) is 24.1 Å². The topological polar surface area (TPSA) is 105 Å². The molecule has 0 aliphatic rings. The second-order valence-corrected chi connectivity index (χ2v) is 7.24. The zero-order chi connectivity index (χ0) is 24.0. The van der Waals surface area contributed by atoms with Gasteiger partial charge in [-0.1, -0.05) is 30.3 Å². The van der Waals surface area contributed by atoms with Crippen LogP contribution in [0.15, 0.2) is 78.5 Å². The molecule has 3 rings (SSSR count). The number of nitrogens with one attached hydrogen (secondary N) is 2. The third-order valence-corrected chi connectivity index (χ3v) is 4.65. The van der Waals surface area contributed by atoms with Gasteiger partial charge in [0, 0.05) is 37.6 Å². The van der Waals surface area contributed by atoms with E-state index < -0.39 is 22.6 Å². The second kappa shape index (κ2) is 10.2. The van der Waals surface area contributed by atoms with E-state index in [4.69, 9.17) is 0 Å². The van der Waals surface area contributed by atoms with Gasteiger partial charge in [-0.05, 0) is 42.0 Å². The molecular weight excluding hydrogens is 427 g/mol. The number of halogens is 1. The van der Waals surface area contributed by atoms with Gasteiger partial charge >= 0.3 is 0 Å². The van der Waals surface area contributed by atoms with E-state index >= 15 is 0 Å². The number of anilines is 2. The zero-order valence-corrected chi connectivity index (χ0v) is 17.9. The highest BCUT2D eigenvalue weighted by Gasteiger charge is 2.18. The van der Waals surface area contributed by atoms with Crippen LogP contribution in [0.2, 0.25) is 0 Å². The van der Waals surface area contributed by atoms with Crippen LogP contribution in [-0.4, -0.2) is 30.8 Å². The van der Waals surface area contributed by atoms with Gasteiger partial charge < -0.3 is 15.5 Å². The molecule has 3 aromatic rings. The summed E-state index contributed by atoms with van der Waals surface area (Å²) in [6, 6.07) is 18.0. The molecule has 0 bridgehead atoms. The maximum Gasteiger partial charge on any atom is 0.272 e. The highest BCUT2D eigenvalue weighted by Crippen LogP contribution is 2.19. The molecule has 168 valence electrons. The van der Waals surface area contributed by atoms with E-state index in [-0.39, 0.29) is 22.6 Å². The van der Waals surface area contributed by atoms with E-state index in [2.05, 4.69) is 10.6 Å². The van der Waals surface area contributed by atoms with E-state index in [1.807, 2.05) is 31.1 Å². The number of benzene rings is 3. The molecule has 0 aliphatic heterocycles. The van der Waals surface area contributed by atoms with Gasteiger partial charge in [0.2, 0.25) is 0 Å². The fourth-order valence-corrected chi connectivity index (χ4v) is 2.92. The highest BCUT2D eigenvalue weighted by molar-refractivity contribution is 6.10. The molecule has 0 radical (unpaired) electrons. The SMILES string of the molecule is CN(C)c1ccc(C=C(NC(=O)c2ccccc2F)C(=O)Nc2cccc([N+](=O)[O-])c2)cc1. The molecule has 0 fully saturated rings. The molecule has 33 heavy (non-hydrogen) atoms. The first kappa shape index (κ1) is 23.1. The second-order valence-electron chi connectivity index (χ2n) is 7.24. The number of amides is 2. The van der Waals surface area contributed by atoms with Gasteiger partial charge in [-0.3, -0.25) is 19.7 Å². The van der Waals surface area contributed by atoms with Gasteiger partial charge in [-0.15, -0.1) is 0 Å². The van der Waals surface area contributed by atoms with E-state index in [0.29, 0.717) is 5.56 Å². The number of carbonyl (C=O) groups excluding carboxylic acids is 2. The fourth-order valence-electron chi connectivity index (χ4n) is 2.92. The molecule has 0 spiro atoms. The molecular formula is C24H21FN4O4. The first-order valence-corrected chi connectivity index (χ1v) is 9.85. The van der Waals surface area contributed by atoms with Crippen molar-refractivity contribution in [2.24, 2.45) is 0 Å². The van der Waals surface area contributed by atoms with Crippen molar-refractivity contribution in [1.82, 2.24) is 5.32 Å². The Bertz CT molecular complexity index is 1220. The van der Waals surface area contributed by atoms with Crippen LogP contribution < -0.4 is 15.5 Å². The van der Waals surface area contributed by atoms with Gasteiger partial charge in [0.15, 0.2) is 0 Å². The van der Waals surface area contributed by atoms with Gasteiger partial charge in [0.1, 0.15) is 11.5 Å². The Morgan fingerprint density at radius 3 is 2.33 bits per heavy atom. The number of nitrogens with zero attached hydrogens (tertiary/aromatic N) is 2. The van der Waals surface area contributed by atoms with Crippen LogP contribution in [0, 0.1) is 15.9 Å². The number of rotatable bonds is 7. The van der Waals surface area contributed by atoms with Gasteiger partial charge in [0.25, 0.3) is 17.5 Å². The molecule has 2 amide bonds. The van der Waals surface area contributed by atoms with Crippen molar-refractivity contribution < 1.29 is 18.9 Å². The van der Waals surface area contributed by atoms with Gasteiger partial charge in [0.05, 0.1) is 10.5 Å². The summed E-state index contributed by atoms with van der Waals surface area (Å²) >= 11 is 0. The third-order valence-electron chi connectivity index (χ3n) is 4.65. The lowest BCUT2D eigenvalue weighted by Gasteiger charge is -2.13. The average molecular weight is 448 g/mol. The number of nitro groups is 1. The molecule has 0 aromatic heterocycles. The van der Waals surface area contributed by atoms with E-state index in [0.717, 1.165) is 11.8 Å². The summed E-state index contributed by atoms with van der Waals surface area (Å²) in [4.78, 5) is 37.9. The van der Waals surface area contributed by atoms with Crippen molar-refractivity contribution in [2.75, 3.05) is 24.3 Å². The minimum absolute atomic E-state index is 0.160. The van der Waals surface area contributed by atoms with E-state index in [1.54, 1.807) is 12.1 Å².